The number of nitrogens with zero attached hydrogens (tertiary/aromatic N) is 5. The summed E-state index contributed by atoms with van der Waals surface area (Å²) in [5, 5.41) is 0. The number of hydrogen-bond acceptors (Lipinski definition) is 6. The number of piperazine rings is 1. The summed E-state index contributed by atoms with van der Waals surface area (Å²) < 4.78 is 10.7. The first kappa shape index (κ1) is 21.9. The number of anilines is 1. The van der Waals surface area contributed by atoms with Crippen LogP contribution in [0.4, 0.5) is 10.5 Å². The molecule has 0 radical (unpaired) electrons. The number of urea groups is 1. The Bertz CT molecular complexity index is 947. The molecule has 2 fully saturated rings. The van der Waals surface area contributed by atoms with Gasteiger partial charge in [0.1, 0.15) is 18.0 Å². The van der Waals surface area contributed by atoms with Crippen molar-refractivity contribution in [3.8, 4) is 11.5 Å². The van der Waals surface area contributed by atoms with E-state index >= 15 is 0 Å². The summed E-state index contributed by atoms with van der Waals surface area (Å²) in [4.78, 5) is 37.4. The fraction of sp³-hybridized carbons (Fsp3) is 0.435. The molecule has 0 atom stereocenters. The van der Waals surface area contributed by atoms with Crippen LogP contribution in [0.3, 0.4) is 0 Å². The second kappa shape index (κ2) is 9.86. The first-order chi connectivity index (χ1) is 15.6. The van der Waals surface area contributed by atoms with Gasteiger partial charge in [0, 0.05) is 64.3 Å². The van der Waals surface area contributed by atoms with Crippen LogP contribution in [-0.4, -0.2) is 91.7 Å². The van der Waals surface area contributed by atoms with E-state index < -0.39 is 0 Å². The Morgan fingerprint density at radius 3 is 2.41 bits per heavy atom. The van der Waals surface area contributed by atoms with E-state index in [2.05, 4.69) is 9.88 Å². The average Bonchev–Trinajstić information content (AvgIpc) is 3.19. The Kier molecular flexibility index (Phi) is 6.75. The maximum atomic E-state index is 13.0. The van der Waals surface area contributed by atoms with E-state index in [1.165, 1.54) is 5.56 Å². The second-order valence-corrected chi connectivity index (χ2v) is 7.91. The fourth-order valence-electron chi connectivity index (χ4n) is 4.13. The van der Waals surface area contributed by atoms with E-state index in [0.29, 0.717) is 43.4 Å². The summed E-state index contributed by atoms with van der Waals surface area (Å²) >= 11 is 0. The van der Waals surface area contributed by atoms with Crippen LogP contribution in [0.2, 0.25) is 0 Å². The zero-order chi connectivity index (χ0) is 22.5. The van der Waals surface area contributed by atoms with Crippen molar-refractivity contribution < 1.29 is 19.1 Å². The van der Waals surface area contributed by atoms with E-state index in [4.69, 9.17) is 9.47 Å². The number of amides is 3. The van der Waals surface area contributed by atoms with Crippen LogP contribution in [0, 0.1) is 0 Å². The number of hydrogen-bond donors (Lipinski definition) is 0. The molecule has 2 saturated heterocycles. The number of carbonyl (C=O) groups is 2. The Balaban J connectivity index is 1.32. The Labute approximate surface area is 188 Å². The maximum absolute atomic E-state index is 13.0. The van der Waals surface area contributed by atoms with Gasteiger partial charge in [-0.05, 0) is 29.8 Å². The van der Waals surface area contributed by atoms with E-state index in [0.717, 1.165) is 19.6 Å². The molecule has 0 unspecified atom stereocenters. The molecule has 2 aliphatic heterocycles. The molecule has 32 heavy (non-hydrogen) atoms. The van der Waals surface area contributed by atoms with Crippen LogP contribution in [0.15, 0.2) is 42.7 Å². The summed E-state index contributed by atoms with van der Waals surface area (Å²) in [6.07, 6.45) is 3.60. The van der Waals surface area contributed by atoms with Gasteiger partial charge in [-0.3, -0.25) is 19.6 Å². The lowest BCUT2D eigenvalue weighted by molar-refractivity contribution is -0.133. The van der Waals surface area contributed by atoms with Crippen LogP contribution in [0.25, 0.3) is 0 Å². The van der Waals surface area contributed by atoms with Crippen LogP contribution >= 0.6 is 0 Å². The smallest absolute Gasteiger partial charge is 0.325 e. The molecule has 1 aromatic carbocycles. The van der Waals surface area contributed by atoms with Gasteiger partial charge in [0.05, 0.1) is 19.9 Å². The second-order valence-electron chi connectivity index (χ2n) is 7.91. The molecule has 0 saturated carbocycles. The van der Waals surface area contributed by atoms with Gasteiger partial charge in [-0.1, -0.05) is 0 Å². The summed E-state index contributed by atoms with van der Waals surface area (Å²) in [6, 6.07) is 9.18. The summed E-state index contributed by atoms with van der Waals surface area (Å²) in [5.74, 6) is 1.23. The number of rotatable bonds is 7. The van der Waals surface area contributed by atoms with Gasteiger partial charge in [-0.25, -0.2) is 4.79 Å². The zero-order valence-corrected chi connectivity index (χ0v) is 18.6. The predicted octanol–water partition coefficient (Wildman–Crippen LogP) is 1.69. The zero-order valence-electron chi connectivity index (χ0n) is 18.6. The molecule has 0 bridgehead atoms. The van der Waals surface area contributed by atoms with Gasteiger partial charge in [0.2, 0.25) is 5.91 Å². The quantitative estimate of drug-likeness (QED) is 0.653. The molecule has 9 nitrogen and oxygen atoms in total. The van der Waals surface area contributed by atoms with E-state index in [1.807, 2.05) is 17.0 Å². The van der Waals surface area contributed by atoms with Crippen molar-refractivity contribution in [3.05, 3.63) is 48.3 Å². The molecule has 3 heterocycles. The molecule has 2 aliphatic rings. The Morgan fingerprint density at radius 1 is 0.969 bits per heavy atom. The molecule has 9 heteroatoms. The van der Waals surface area contributed by atoms with Crippen molar-refractivity contribution in [1.29, 1.82) is 0 Å². The molecular weight excluding hydrogens is 410 g/mol. The number of ether oxygens (including phenoxy) is 2. The molecule has 170 valence electrons. The molecule has 3 amide bonds. The van der Waals surface area contributed by atoms with Gasteiger partial charge in [0.15, 0.2) is 0 Å². The Hall–Kier alpha value is -3.33. The third-order valence-electron chi connectivity index (χ3n) is 5.98. The molecule has 4 rings (SSSR count). The highest BCUT2D eigenvalue weighted by atomic mass is 16.5. The predicted molar refractivity (Wildman–Crippen MR) is 120 cm³/mol. The van der Waals surface area contributed by atoms with Crippen molar-refractivity contribution in [1.82, 2.24) is 19.7 Å². The fourth-order valence-corrected chi connectivity index (χ4v) is 4.13. The van der Waals surface area contributed by atoms with Crippen LogP contribution < -0.4 is 14.4 Å². The molecule has 0 N–H and O–H groups in total. The van der Waals surface area contributed by atoms with Gasteiger partial charge < -0.3 is 19.3 Å². The highest BCUT2D eigenvalue weighted by Crippen LogP contribution is 2.34. The lowest BCUT2D eigenvalue weighted by Crippen LogP contribution is -2.51. The number of pyridine rings is 1. The van der Waals surface area contributed by atoms with Gasteiger partial charge in [0.25, 0.3) is 0 Å². The average molecular weight is 440 g/mol. The third kappa shape index (κ3) is 4.77. The number of benzene rings is 1. The van der Waals surface area contributed by atoms with E-state index in [1.54, 1.807) is 54.6 Å². The molecular formula is C23H29N5O4. The van der Waals surface area contributed by atoms with Crippen LogP contribution in [-0.2, 0) is 11.3 Å². The Morgan fingerprint density at radius 2 is 1.72 bits per heavy atom. The largest absolute Gasteiger partial charge is 0.497 e. The highest BCUT2D eigenvalue weighted by molar-refractivity contribution is 5.98. The lowest BCUT2D eigenvalue weighted by atomic mass is 10.2. The minimum absolute atomic E-state index is 0.0126. The summed E-state index contributed by atoms with van der Waals surface area (Å²) in [6.45, 7) is 4.89. The molecule has 0 aliphatic carbocycles. The lowest BCUT2D eigenvalue weighted by Gasteiger charge is -2.35. The van der Waals surface area contributed by atoms with Gasteiger partial charge >= 0.3 is 6.03 Å². The van der Waals surface area contributed by atoms with Gasteiger partial charge in [-0.2, -0.15) is 0 Å². The summed E-state index contributed by atoms with van der Waals surface area (Å²) in [7, 11) is 3.15. The summed E-state index contributed by atoms with van der Waals surface area (Å²) in [5.41, 5.74) is 1.87. The highest BCUT2D eigenvalue weighted by Gasteiger charge is 2.34. The standard InChI is InChI=1S/C23H29N5O4/c1-31-19-3-4-21(32-2)20(15-19)28-14-13-27(23(28)30)17-22(29)26-11-9-25(10-12-26)16-18-5-7-24-8-6-18/h3-8,15H,9-14,16-17H2,1-2H3. The first-order valence-electron chi connectivity index (χ1n) is 10.8. The third-order valence-corrected chi connectivity index (χ3v) is 5.98. The van der Waals surface area contributed by atoms with Crippen molar-refractivity contribution in [2.45, 2.75) is 6.54 Å². The molecule has 0 spiro atoms. The number of carbonyl (C=O) groups excluding carboxylic acids is 2. The van der Waals surface area contributed by atoms with Crippen LogP contribution in [0.1, 0.15) is 5.56 Å². The maximum Gasteiger partial charge on any atom is 0.325 e. The van der Waals surface area contributed by atoms with Gasteiger partial charge in [-0.15, -0.1) is 0 Å². The monoisotopic (exact) mass is 439 g/mol. The number of aromatic nitrogens is 1. The number of methoxy groups -OCH3 is 2. The minimum atomic E-state index is -0.193. The van der Waals surface area contributed by atoms with E-state index in [-0.39, 0.29) is 18.5 Å². The molecule has 2 aromatic rings. The normalized spacial score (nSPS) is 17.1. The van der Waals surface area contributed by atoms with E-state index in [9.17, 15) is 9.59 Å². The van der Waals surface area contributed by atoms with Crippen molar-refractivity contribution in [2.75, 3.05) is 64.9 Å². The molecule has 1 aromatic heterocycles. The topological polar surface area (TPSA) is 78.5 Å². The van der Waals surface area contributed by atoms with Crippen LogP contribution in [0.5, 0.6) is 11.5 Å². The van der Waals surface area contributed by atoms with Crippen molar-refractivity contribution in [2.24, 2.45) is 0 Å². The van der Waals surface area contributed by atoms with Crippen molar-refractivity contribution in [3.63, 3.8) is 0 Å². The minimum Gasteiger partial charge on any atom is -0.497 e. The first-order valence-corrected chi connectivity index (χ1v) is 10.8. The SMILES string of the molecule is COc1ccc(OC)c(N2CCN(CC(=O)N3CCN(Cc4ccncc4)CC3)C2=O)c1. The van der Waals surface area contributed by atoms with Crippen molar-refractivity contribution >= 4 is 17.6 Å².